The van der Waals surface area contributed by atoms with Gasteiger partial charge in [-0.2, -0.15) is 0 Å². The van der Waals surface area contributed by atoms with E-state index in [1.807, 2.05) is 4.90 Å². The average molecular weight is 294 g/mol. The first-order valence-corrected chi connectivity index (χ1v) is 8.47. The molecular weight excluding hydrogens is 268 g/mol. The molecule has 0 saturated heterocycles. The Balaban J connectivity index is 1.62. The smallest absolute Gasteiger partial charge is 0.226 e. The first kappa shape index (κ1) is 14.3. The monoisotopic (exact) mass is 294 g/mol. The van der Waals surface area contributed by atoms with Crippen LogP contribution in [0, 0.1) is 35.5 Å². The number of carbonyl (C=O) groups is 1. The van der Waals surface area contributed by atoms with E-state index in [9.17, 15) is 4.79 Å². The molecule has 3 nitrogen and oxygen atoms in total. The molecule has 0 aromatic heterocycles. The number of hydrogen-bond donors (Lipinski definition) is 1. The van der Waals surface area contributed by atoms with Gasteiger partial charge in [0.05, 0.1) is 4.99 Å². The van der Waals surface area contributed by atoms with E-state index in [0.717, 1.165) is 30.2 Å². The maximum Gasteiger partial charge on any atom is 0.226 e. The van der Waals surface area contributed by atoms with Crippen molar-refractivity contribution in [3.63, 3.8) is 0 Å². The second kappa shape index (κ2) is 5.28. The minimum absolute atomic E-state index is 0.339. The number of fused-ring (bicyclic) bond motifs is 5. The fraction of sp³-hybridized carbons (Fsp3) is 0.875. The highest BCUT2D eigenvalue weighted by molar-refractivity contribution is 7.80. The molecule has 2 bridgehead atoms. The van der Waals surface area contributed by atoms with Gasteiger partial charge in [-0.15, -0.1) is 0 Å². The number of nitrogens with zero attached hydrogens (tertiary/aromatic N) is 1. The van der Waals surface area contributed by atoms with E-state index in [1.54, 1.807) is 0 Å². The number of carbonyl (C=O) groups excluding carboxylic acids is 1. The summed E-state index contributed by atoms with van der Waals surface area (Å²) in [6, 6.07) is 0. The summed E-state index contributed by atoms with van der Waals surface area (Å²) >= 11 is 4.96. The molecule has 0 aromatic carbocycles. The Kier molecular flexibility index (Phi) is 3.78. The predicted octanol–water partition coefficient (Wildman–Crippen LogP) is 2.44. The van der Waals surface area contributed by atoms with Gasteiger partial charge in [-0.25, -0.2) is 0 Å². The summed E-state index contributed by atoms with van der Waals surface area (Å²) in [5.74, 6) is 4.39. The molecule has 20 heavy (non-hydrogen) atoms. The molecule has 3 aliphatic rings. The molecule has 3 saturated carbocycles. The van der Waals surface area contributed by atoms with Gasteiger partial charge in [0.1, 0.15) is 0 Å². The van der Waals surface area contributed by atoms with E-state index in [4.69, 9.17) is 18.0 Å². The molecule has 3 aliphatic carbocycles. The minimum atomic E-state index is 0.339. The zero-order chi connectivity index (χ0) is 14.4. The highest BCUT2D eigenvalue weighted by atomic mass is 32.1. The second-order valence-corrected chi connectivity index (χ2v) is 7.93. The number of hydrogen-bond acceptors (Lipinski definition) is 2. The van der Waals surface area contributed by atoms with Gasteiger partial charge >= 0.3 is 0 Å². The van der Waals surface area contributed by atoms with E-state index in [1.165, 1.54) is 19.3 Å². The first-order valence-electron chi connectivity index (χ1n) is 8.06. The summed E-state index contributed by atoms with van der Waals surface area (Å²) in [7, 11) is 0. The van der Waals surface area contributed by atoms with Gasteiger partial charge in [0, 0.05) is 25.4 Å². The van der Waals surface area contributed by atoms with Crippen LogP contribution in [0.1, 0.15) is 39.5 Å². The van der Waals surface area contributed by atoms with Crippen molar-refractivity contribution >= 4 is 23.1 Å². The molecule has 0 aromatic rings. The average Bonchev–Trinajstić information content (AvgIpc) is 2.81. The molecule has 3 fully saturated rings. The molecule has 4 heteroatoms. The highest BCUT2D eigenvalue weighted by Crippen LogP contribution is 2.69. The molecule has 0 aliphatic heterocycles. The van der Waals surface area contributed by atoms with Crippen molar-refractivity contribution < 1.29 is 4.79 Å². The molecule has 3 rings (SSSR count). The lowest BCUT2D eigenvalue weighted by Gasteiger charge is -2.26. The lowest BCUT2D eigenvalue weighted by molar-refractivity contribution is -0.134. The van der Waals surface area contributed by atoms with E-state index in [2.05, 4.69) is 13.8 Å². The molecule has 0 heterocycles. The Morgan fingerprint density at radius 1 is 1.30 bits per heavy atom. The predicted molar refractivity (Wildman–Crippen MR) is 84.1 cm³/mol. The Hall–Kier alpha value is -0.640. The molecule has 112 valence electrons. The van der Waals surface area contributed by atoms with Crippen molar-refractivity contribution in [3.8, 4) is 0 Å². The van der Waals surface area contributed by atoms with Crippen molar-refractivity contribution in [1.82, 2.24) is 4.90 Å². The maximum absolute atomic E-state index is 12.8. The molecule has 1 amide bonds. The van der Waals surface area contributed by atoms with Gasteiger partial charge < -0.3 is 10.6 Å². The van der Waals surface area contributed by atoms with Gasteiger partial charge in [-0.1, -0.05) is 26.1 Å². The third-order valence-electron chi connectivity index (χ3n) is 5.55. The van der Waals surface area contributed by atoms with Crippen LogP contribution in [-0.4, -0.2) is 28.9 Å². The van der Waals surface area contributed by atoms with Crippen LogP contribution < -0.4 is 5.73 Å². The fourth-order valence-corrected chi connectivity index (χ4v) is 4.93. The standard InChI is InChI=1S/C16H26N2OS/c1-9(2)8-18(6-5-12(17)20)16(19)15-13-10-3-4-11(7-10)14(13)15/h9-11,13-15H,3-8H2,1-2H3,(H2,17,20). The van der Waals surface area contributed by atoms with Crippen molar-refractivity contribution in [2.45, 2.75) is 39.5 Å². The zero-order valence-electron chi connectivity index (χ0n) is 12.5. The Bertz CT molecular complexity index is 407. The number of thiocarbonyl (C=S) groups is 1. The van der Waals surface area contributed by atoms with E-state index >= 15 is 0 Å². The lowest BCUT2D eigenvalue weighted by atomic mass is 10.0. The maximum atomic E-state index is 12.8. The lowest BCUT2D eigenvalue weighted by Crippen LogP contribution is -2.38. The topological polar surface area (TPSA) is 46.3 Å². The molecule has 4 atom stereocenters. The van der Waals surface area contributed by atoms with Crippen LogP contribution in [-0.2, 0) is 4.79 Å². The van der Waals surface area contributed by atoms with Crippen LogP contribution in [0.3, 0.4) is 0 Å². The van der Waals surface area contributed by atoms with E-state index in [0.29, 0.717) is 35.7 Å². The van der Waals surface area contributed by atoms with Crippen LogP contribution in [0.5, 0.6) is 0 Å². The van der Waals surface area contributed by atoms with Gasteiger partial charge in [0.25, 0.3) is 0 Å². The quantitative estimate of drug-likeness (QED) is 0.765. The number of nitrogens with two attached hydrogens (primary N) is 1. The zero-order valence-corrected chi connectivity index (χ0v) is 13.4. The summed E-state index contributed by atoms with van der Waals surface area (Å²) < 4.78 is 0. The largest absolute Gasteiger partial charge is 0.393 e. The third kappa shape index (κ3) is 2.47. The first-order chi connectivity index (χ1) is 9.49. The summed E-state index contributed by atoms with van der Waals surface area (Å²) in [6.45, 7) is 5.88. The van der Waals surface area contributed by atoms with Crippen LogP contribution in [0.2, 0.25) is 0 Å². The number of amides is 1. The molecule has 0 radical (unpaired) electrons. The fourth-order valence-electron chi connectivity index (χ4n) is 4.84. The summed E-state index contributed by atoms with van der Waals surface area (Å²) in [5.41, 5.74) is 5.60. The van der Waals surface area contributed by atoms with E-state index in [-0.39, 0.29) is 0 Å². The van der Waals surface area contributed by atoms with Crippen LogP contribution >= 0.6 is 12.2 Å². The van der Waals surface area contributed by atoms with E-state index < -0.39 is 0 Å². The Morgan fingerprint density at radius 3 is 2.40 bits per heavy atom. The van der Waals surface area contributed by atoms with Crippen LogP contribution in [0.4, 0.5) is 0 Å². The van der Waals surface area contributed by atoms with Crippen molar-refractivity contribution in [2.24, 2.45) is 41.2 Å². The van der Waals surface area contributed by atoms with Gasteiger partial charge in [-0.3, -0.25) is 4.79 Å². The van der Waals surface area contributed by atoms with Crippen molar-refractivity contribution in [1.29, 1.82) is 0 Å². The highest BCUT2D eigenvalue weighted by Gasteiger charge is 2.67. The van der Waals surface area contributed by atoms with Gasteiger partial charge in [-0.05, 0) is 48.9 Å². The second-order valence-electron chi connectivity index (χ2n) is 7.41. The number of rotatable bonds is 6. The molecular formula is C16H26N2OS. The van der Waals surface area contributed by atoms with Crippen molar-refractivity contribution in [2.75, 3.05) is 13.1 Å². The van der Waals surface area contributed by atoms with Crippen LogP contribution in [0.15, 0.2) is 0 Å². The SMILES string of the molecule is CC(C)CN(CCC(N)=S)C(=O)C1C2C3CCC(C3)C12. The Morgan fingerprint density at radius 2 is 1.90 bits per heavy atom. The van der Waals surface area contributed by atoms with Crippen molar-refractivity contribution in [3.05, 3.63) is 0 Å². The van der Waals surface area contributed by atoms with Crippen LogP contribution in [0.25, 0.3) is 0 Å². The summed E-state index contributed by atoms with van der Waals surface area (Å²) in [4.78, 5) is 15.4. The molecule has 2 N–H and O–H groups in total. The third-order valence-corrected chi connectivity index (χ3v) is 5.75. The minimum Gasteiger partial charge on any atom is -0.393 e. The van der Waals surface area contributed by atoms with Gasteiger partial charge in [0.2, 0.25) is 5.91 Å². The molecule has 0 spiro atoms. The summed E-state index contributed by atoms with van der Waals surface area (Å²) in [5, 5.41) is 0. The Labute approximate surface area is 127 Å². The normalized spacial score (nSPS) is 37.0. The molecule has 4 unspecified atom stereocenters. The summed E-state index contributed by atoms with van der Waals surface area (Å²) in [6.07, 6.45) is 4.79. The van der Waals surface area contributed by atoms with Gasteiger partial charge in [0.15, 0.2) is 0 Å².